The number of hydrogen-bond donors (Lipinski definition) is 0. The van der Waals surface area contributed by atoms with Gasteiger partial charge in [0.25, 0.3) is 0 Å². The number of carbonyl (C=O) groups is 2. The first kappa shape index (κ1) is 28.3. The molecule has 2 amide bonds. The lowest BCUT2D eigenvalue weighted by Gasteiger charge is -2.35. The van der Waals surface area contributed by atoms with Crippen LogP contribution in [0.1, 0.15) is 55.4 Å². The summed E-state index contributed by atoms with van der Waals surface area (Å²) in [6, 6.07) is 19.7. The van der Waals surface area contributed by atoms with E-state index in [1.165, 1.54) is 6.42 Å². The molecule has 4 rings (SSSR count). The second-order valence-electron chi connectivity index (χ2n) is 10.1. The van der Waals surface area contributed by atoms with E-state index in [-0.39, 0.29) is 24.4 Å². The van der Waals surface area contributed by atoms with Crippen molar-refractivity contribution in [2.24, 2.45) is 0 Å². The van der Waals surface area contributed by atoms with Crippen molar-refractivity contribution in [3.05, 3.63) is 83.8 Å². The van der Waals surface area contributed by atoms with E-state index in [1.807, 2.05) is 65.6 Å². The van der Waals surface area contributed by atoms with Gasteiger partial charge in [-0.1, -0.05) is 55.7 Å². The van der Waals surface area contributed by atoms with Gasteiger partial charge in [-0.25, -0.2) is 0 Å². The molecule has 1 fully saturated rings. The molecule has 7 nitrogen and oxygen atoms in total. The minimum Gasteiger partial charge on any atom is -0.493 e. The fraction of sp³-hybridized carbons (Fsp3) is 0.438. The third-order valence-corrected chi connectivity index (χ3v) is 7.51. The van der Waals surface area contributed by atoms with Crippen LogP contribution in [0, 0.1) is 0 Å². The molecule has 0 aliphatic heterocycles. The molecule has 0 N–H and O–H groups in total. The average molecular weight is 533 g/mol. The van der Waals surface area contributed by atoms with Gasteiger partial charge < -0.3 is 23.7 Å². The summed E-state index contributed by atoms with van der Waals surface area (Å²) in [6.45, 7) is 0.937. The highest BCUT2D eigenvalue weighted by Crippen LogP contribution is 2.28. The van der Waals surface area contributed by atoms with Gasteiger partial charge in [-0.2, -0.15) is 0 Å². The fourth-order valence-electron chi connectivity index (χ4n) is 5.28. The van der Waals surface area contributed by atoms with Crippen molar-refractivity contribution in [3.63, 3.8) is 0 Å². The molecule has 0 spiro atoms. The van der Waals surface area contributed by atoms with Crippen LogP contribution in [-0.4, -0.2) is 55.0 Å². The molecule has 1 aliphatic carbocycles. The predicted octanol–water partition coefficient (Wildman–Crippen LogP) is 5.66. The van der Waals surface area contributed by atoms with Crippen LogP contribution in [0.15, 0.2) is 71.3 Å². The van der Waals surface area contributed by atoms with E-state index in [0.29, 0.717) is 43.9 Å². The van der Waals surface area contributed by atoms with Gasteiger partial charge in [0.15, 0.2) is 11.5 Å². The second-order valence-corrected chi connectivity index (χ2v) is 10.1. The summed E-state index contributed by atoms with van der Waals surface area (Å²) in [6.07, 6.45) is 8.61. The summed E-state index contributed by atoms with van der Waals surface area (Å²) in [5, 5.41) is 0. The number of rotatable bonds is 13. The fourth-order valence-corrected chi connectivity index (χ4v) is 5.28. The molecule has 0 unspecified atom stereocenters. The number of amides is 2. The van der Waals surface area contributed by atoms with Crippen LogP contribution in [0.25, 0.3) is 0 Å². The van der Waals surface area contributed by atoms with E-state index in [4.69, 9.17) is 13.9 Å². The minimum absolute atomic E-state index is 0.0527. The van der Waals surface area contributed by atoms with Gasteiger partial charge in [0.05, 0.1) is 27.0 Å². The molecule has 208 valence electrons. The summed E-state index contributed by atoms with van der Waals surface area (Å²) in [5.74, 6) is 2.03. The first-order chi connectivity index (χ1) is 19.1. The van der Waals surface area contributed by atoms with Crippen LogP contribution in [0.2, 0.25) is 0 Å². The summed E-state index contributed by atoms with van der Waals surface area (Å²) in [7, 11) is 3.23. The van der Waals surface area contributed by atoms with E-state index < -0.39 is 0 Å². The molecule has 7 heteroatoms. The van der Waals surface area contributed by atoms with Crippen LogP contribution in [0.5, 0.6) is 11.5 Å². The zero-order chi connectivity index (χ0) is 27.5. The molecule has 2 aromatic carbocycles. The highest BCUT2D eigenvalue weighted by molar-refractivity contribution is 5.85. The van der Waals surface area contributed by atoms with Gasteiger partial charge >= 0.3 is 0 Å². The number of furan rings is 1. The molecule has 39 heavy (non-hydrogen) atoms. The lowest BCUT2D eigenvalue weighted by molar-refractivity contribution is -0.143. The standard InChI is InChI=1S/C32H40N2O5/c1-37-29-17-15-26(22-30(29)38-2)19-20-33(23-28-14-9-21-39-28)32(36)24-34(27-12-7-4-8-13-27)31(35)18-16-25-10-5-3-6-11-25/h3,5-6,9-11,14-15,17,21-22,27H,4,7-8,12-13,16,18-20,23-24H2,1-2H3. The molecule has 1 saturated carbocycles. The first-order valence-corrected chi connectivity index (χ1v) is 13.9. The van der Waals surface area contributed by atoms with Crippen molar-refractivity contribution in [1.29, 1.82) is 0 Å². The van der Waals surface area contributed by atoms with Crippen molar-refractivity contribution in [2.75, 3.05) is 27.3 Å². The van der Waals surface area contributed by atoms with E-state index in [0.717, 1.165) is 42.6 Å². The van der Waals surface area contributed by atoms with Crippen molar-refractivity contribution >= 4 is 11.8 Å². The molecule has 0 saturated heterocycles. The Labute approximate surface area is 231 Å². The summed E-state index contributed by atoms with van der Waals surface area (Å²) in [5.41, 5.74) is 2.17. The molecular formula is C32H40N2O5. The molecule has 0 atom stereocenters. The Balaban J connectivity index is 1.47. The van der Waals surface area contributed by atoms with Crippen molar-refractivity contribution in [3.8, 4) is 11.5 Å². The molecule has 1 aromatic heterocycles. The predicted molar refractivity (Wildman–Crippen MR) is 151 cm³/mol. The highest BCUT2D eigenvalue weighted by Gasteiger charge is 2.29. The molecule has 0 radical (unpaired) electrons. The van der Waals surface area contributed by atoms with Crippen LogP contribution >= 0.6 is 0 Å². The maximum atomic E-state index is 13.8. The lowest BCUT2D eigenvalue weighted by Crippen LogP contribution is -2.48. The van der Waals surface area contributed by atoms with E-state index >= 15 is 0 Å². The summed E-state index contributed by atoms with van der Waals surface area (Å²) < 4.78 is 16.4. The number of benzene rings is 2. The number of methoxy groups -OCH3 is 2. The molecule has 1 heterocycles. The maximum absolute atomic E-state index is 13.8. The minimum atomic E-state index is -0.0643. The number of carbonyl (C=O) groups excluding carboxylic acids is 2. The average Bonchev–Trinajstić information content (AvgIpc) is 3.50. The zero-order valence-electron chi connectivity index (χ0n) is 23.1. The smallest absolute Gasteiger partial charge is 0.242 e. The summed E-state index contributed by atoms with van der Waals surface area (Å²) >= 11 is 0. The number of ether oxygens (including phenoxy) is 2. The third-order valence-electron chi connectivity index (χ3n) is 7.51. The number of aryl methyl sites for hydroxylation is 1. The Morgan fingerprint density at radius 1 is 0.846 bits per heavy atom. The summed E-state index contributed by atoms with van der Waals surface area (Å²) in [4.78, 5) is 31.0. The van der Waals surface area contributed by atoms with Gasteiger partial charge in [-0.15, -0.1) is 0 Å². The Morgan fingerprint density at radius 2 is 1.62 bits per heavy atom. The zero-order valence-corrected chi connectivity index (χ0v) is 23.1. The highest BCUT2D eigenvalue weighted by atomic mass is 16.5. The number of nitrogens with zero attached hydrogens (tertiary/aromatic N) is 2. The molecule has 3 aromatic rings. The van der Waals surface area contributed by atoms with E-state index in [9.17, 15) is 9.59 Å². The number of hydrogen-bond acceptors (Lipinski definition) is 5. The van der Waals surface area contributed by atoms with Gasteiger partial charge in [-0.05, 0) is 61.1 Å². The topological polar surface area (TPSA) is 72.2 Å². The van der Waals surface area contributed by atoms with Gasteiger partial charge in [0, 0.05) is 19.0 Å². The van der Waals surface area contributed by atoms with Gasteiger partial charge in [0.2, 0.25) is 11.8 Å². The van der Waals surface area contributed by atoms with E-state index in [2.05, 4.69) is 0 Å². The van der Waals surface area contributed by atoms with Gasteiger partial charge in [0.1, 0.15) is 12.3 Å². The quantitative estimate of drug-likeness (QED) is 0.284. The Bertz CT molecular complexity index is 1170. The maximum Gasteiger partial charge on any atom is 0.242 e. The Kier molecular flexibility index (Phi) is 10.5. The largest absolute Gasteiger partial charge is 0.493 e. The van der Waals surface area contributed by atoms with Crippen molar-refractivity contribution < 1.29 is 23.5 Å². The van der Waals surface area contributed by atoms with E-state index in [1.54, 1.807) is 25.4 Å². The Morgan fingerprint density at radius 3 is 2.31 bits per heavy atom. The van der Waals surface area contributed by atoms with Crippen molar-refractivity contribution in [2.45, 2.75) is 64.0 Å². The van der Waals surface area contributed by atoms with Crippen LogP contribution in [0.4, 0.5) is 0 Å². The van der Waals surface area contributed by atoms with Crippen LogP contribution in [-0.2, 0) is 29.0 Å². The second kappa shape index (κ2) is 14.4. The van der Waals surface area contributed by atoms with Crippen molar-refractivity contribution in [1.82, 2.24) is 9.80 Å². The molecule has 1 aliphatic rings. The SMILES string of the molecule is COc1ccc(CCN(Cc2ccco2)C(=O)CN(C(=O)CCc2ccccc2)C2CCCCC2)cc1OC. The van der Waals surface area contributed by atoms with Gasteiger partial charge in [-0.3, -0.25) is 9.59 Å². The first-order valence-electron chi connectivity index (χ1n) is 13.9. The Hall–Kier alpha value is -3.74. The molecular weight excluding hydrogens is 492 g/mol. The van der Waals surface area contributed by atoms with Crippen LogP contribution in [0.3, 0.4) is 0 Å². The lowest BCUT2D eigenvalue weighted by atomic mass is 9.93. The van der Waals surface area contributed by atoms with Crippen LogP contribution < -0.4 is 9.47 Å². The monoisotopic (exact) mass is 532 g/mol. The normalized spacial score (nSPS) is 13.6. The third kappa shape index (κ3) is 8.12. The molecule has 0 bridgehead atoms.